The van der Waals surface area contributed by atoms with Crippen LogP contribution in [0.2, 0.25) is 0 Å². The molecular weight excluding hydrogens is 272 g/mol. The number of likely N-dealkylation sites (tertiary alicyclic amines) is 1. The Morgan fingerprint density at radius 2 is 2.20 bits per heavy atom. The summed E-state index contributed by atoms with van der Waals surface area (Å²) in [4.78, 5) is 14.8. The number of nitrogens with one attached hydrogen (secondary N) is 1. The van der Waals surface area contributed by atoms with E-state index in [1.54, 1.807) is 0 Å². The quantitative estimate of drug-likeness (QED) is 0.817. The Morgan fingerprint density at radius 3 is 2.85 bits per heavy atom. The highest BCUT2D eigenvalue weighted by atomic mass is 32.2. The van der Waals surface area contributed by atoms with Crippen LogP contribution >= 0.6 is 11.8 Å². The molecule has 2 aliphatic rings. The van der Waals surface area contributed by atoms with Crippen molar-refractivity contribution in [2.45, 2.75) is 36.2 Å². The molecule has 1 atom stereocenters. The number of carbonyl (C=O) groups is 1. The van der Waals surface area contributed by atoms with Crippen molar-refractivity contribution in [3.63, 3.8) is 0 Å². The predicted octanol–water partition coefficient (Wildman–Crippen LogP) is 2.76. The Labute approximate surface area is 123 Å². The minimum absolute atomic E-state index is 0.366. The minimum atomic E-state index is -0.852. The van der Waals surface area contributed by atoms with Gasteiger partial charge in [0.25, 0.3) is 0 Å². The van der Waals surface area contributed by atoms with Crippen molar-refractivity contribution in [3.8, 4) is 0 Å². The van der Waals surface area contributed by atoms with Gasteiger partial charge in [-0.05, 0) is 37.7 Å². The monoisotopic (exact) mass is 292 g/mol. The molecule has 1 unspecified atom stereocenters. The molecular formula is C15H20N2O2S. The van der Waals surface area contributed by atoms with Crippen LogP contribution in [0.25, 0.3) is 0 Å². The first kappa shape index (κ1) is 13.8. The molecule has 1 aliphatic heterocycles. The van der Waals surface area contributed by atoms with Crippen molar-refractivity contribution in [2.24, 2.45) is 0 Å². The van der Waals surface area contributed by atoms with E-state index in [9.17, 15) is 9.90 Å². The zero-order valence-electron chi connectivity index (χ0n) is 11.6. The molecule has 0 amide bonds. The van der Waals surface area contributed by atoms with Gasteiger partial charge in [0.1, 0.15) is 0 Å². The van der Waals surface area contributed by atoms with E-state index in [4.69, 9.17) is 0 Å². The highest BCUT2D eigenvalue weighted by molar-refractivity contribution is 7.98. The maximum absolute atomic E-state index is 11.5. The van der Waals surface area contributed by atoms with Gasteiger partial charge in [-0.25, -0.2) is 4.79 Å². The smallest absolute Gasteiger partial charge is 0.338 e. The average Bonchev–Trinajstić information content (AvgIpc) is 3.19. The van der Waals surface area contributed by atoms with Crippen LogP contribution in [0.3, 0.4) is 0 Å². The van der Waals surface area contributed by atoms with Crippen molar-refractivity contribution < 1.29 is 9.90 Å². The van der Waals surface area contributed by atoms with Crippen LogP contribution in [-0.2, 0) is 0 Å². The lowest BCUT2D eigenvalue weighted by molar-refractivity contribution is 0.0694. The van der Waals surface area contributed by atoms with Gasteiger partial charge < -0.3 is 10.4 Å². The van der Waals surface area contributed by atoms with Gasteiger partial charge in [-0.2, -0.15) is 0 Å². The number of hydrogen-bond donors (Lipinski definition) is 2. The molecule has 1 saturated heterocycles. The van der Waals surface area contributed by atoms with E-state index in [0.29, 0.717) is 11.6 Å². The van der Waals surface area contributed by atoms with E-state index in [1.807, 2.05) is 24.5 Å². The highest BCUT2D eigenvalue weighted by Crippen LogP contribution is 2.32. The predicted molar refractivity (Wildman–Crippen MR) is 81.8 cm³/mol. The van der Waals surface area contributed by atoms with Crippen LogP contribution in [0.4, 0.5) is 5.69 Å². The molecule has 2 N–H and O–H groups in total. The van der Waals surface area contributed by atoms with Crippen LogP contribution < -0.4 is 5.32 Å². The zero-order chi connectivity index (χ0) is 14.1. The van der Waals surface area contributed by atoms with Crippen molar-refractivity contribution >= 4 is 23.4 Å². The fraction of sp³-hybridized carbons (Fsp3) is 0.533. The summed E-state index contributed by atoms with van der Waals surface area (Å²) >= 11 is 1.48. The van der Waals surface area contributed by atoms with Crippen LogP contribution in [0, 0.1) is 0 Å². The average molecular weight is 292 g/mol. The van der Waals surface area contributed by atoms with E-state index in [2.05, 4.69) is 10.2 Å². The fourth-order valence-electron chi connectivity index (χ4n) is 2.94. The van der Waals surface area contributed by atoms with Crippen molar-refractivity contribution in [3.05, 3.63) is 23.8 Å². The van der Waals surface area contributed by atoms with Gasteiger partial charge in [-0.3, -0.25) is 4.90 Å². The largest absolute Gasteiger partial charge is 0.478 e. The number of carboxylic acid groups (broad SMARTS) is 1. The van der Waals surface area contributed by atoms with Gasteiger partial charge in [0.05, 0.1) is 11.3 Å². The molecule has 1 aliphatic carbocycles. The summed E-state index contributed by atoms with van der Waals surface area (Å²) in [7, 11) is 0. The molecule has 1 heterocycles. The molecule has 5 heteroatoms. The van der Waals surface area contributed by atoms with Gasteiger partial charge in [0, 0.05) is 30.1 Å². The zero-order valence-corrected chi connectivity index (χ0v) is 12.4. The molecule has 2 fully saturated rings. The lowest BCUT2D eigenvalue weighted by atomic mass is 10.1. The lowest BCUT2D eigenvalue weighted by Gasteiger charge is -2.18. The number of aromatic carboxylic acids is 1. The van der Waals surface area contributed by atoms with Crippen LogP contribution in [0.15, 0.2) is 23.1 Å². The van der Waals surface area contributed by atoms with E-state index in [-0.39, 0.29) is 0 Å². The third-order valence-electron chi connectivity index (χ3n) is 4.10. The number of anilines is 1. The van der Waals surface area contributed by atoms with E-state index in [1.165, 1.54) is 24.6 Å². The van der Waals surface area contributed by atoms with E-state index >= 15 is 0 Å². The van der Waals surface area contributed by atoms with Crippen molar-refractivity contribution in [1.29, 1.82) is 0 Å². The maximum Gasteiger partial charge on any atom is 0.338 e. The highest BCUT2D eigenvalue weighted by Gasteiger charge is 2.34. The topological polar surface area (TPSA) is 52.6 Å². The standard InChI is InChI=1S/C15H20N2O2S/c1-20-13-4-2-3-12(14(13)15(18)19)16-10-7-8-17(9-10)11-5-6-11/h2-4,10-11,16H,5-9H2,1H3,(H,18,19). The molecule has 0 aromatic heterocycles. The summed E-state index contributed by atoms with van der Waals surface area (Å²) in [5.74, 6) is -0.852. The van der Waals surface area contributed by atoms with Crippen molar-refractivity contribution in [2.75, 3.05) is 24.7 Å². The second-order valence-corrected chi connectivity index (χ2v) is 6.39. The summed E-state index contributed by atoms with van der Waals surface area (Å²) < 4.78 is 0. The lowest BCUT2D eigenvalue weighted by Crippen LogP contribution is -2.28. The molecule has 1 saturated carbocycles. The van der Waals surface area contributed by atoms with Crippen LogP contribution in [-0.4, -0.2) is 47.4 Å². The summed E-state index contributed by atoms with van der Waals surface area (Å²) in [6.07, 6.45) is 5.67. The summed E-state index contributed by atoms with van der Waals surface area (Å²) in [5, 5.41) is 12.9. The Bertz CT molecular complexity index is 517. The van der Waals surface area contributed by atoms with Crippen molar-refractivity contribution in [1.82, 2.24) is 4.90 Å². The van der Waals surface area contributed by atoms with Crippen LogP contribution in [0.1, 0.15) is 29.6 Å². The first-order chi connectivity index (χ1) is 9.69. The number of nitrogens with zero attached hydrogens (tertiary/aromatic N) is 1. The fourth-order valence-corrected chi connectivity index (χ4v) is 3.55. The van der Waals surface area contributed by atoms with Gasteiger partial charge in [-0.1, -0.05) is 6.07 Å². The van der Waals surface area contributed by atoms with Gasteiger partial charge in [-0.15, -0.1) is 11.8 Å². The normalized spacial score (nSPS) is 22.9. The Kier molecular flexibility index (Phi) is 3.89. The number of benzene rings is 1. The molecule has 0 spiro atoms. The molecule has 20 heavy (non-hydrogen) atoms. The molecule has 4 nitrogen and oxygen atoms in total. The first-order valence-corrected chi connectivity index (χ1v) is 8.32. The molecule has 3 rings (SSSR count). The Morgan fingerprint density at radius 1 is 1.40 bits per heavy atom. The second-order valence-electron chi connectivity index (χ2n) is 5.54. The molecule has 1 aromatic rings. The summed E-state index contributed by atoms with van der Waals surface area (Å²) in [6.45, 7) is 2.17. The Balaban J connectivity index is 1.75. The molecule has 0 bridgehead atoms. The number of hydrogen-bond acceptors (Lipinski definition) is 4. The van der Waals surface area contributed by atoms with Gasteiger partial charge in [0.2, 0.25) is 0 Å². The Hall–Kier alpha value is -1.20. The van der Waals surface area contributed by atoms with Gasteiger partial charge in [0.15, 0.2) is 0 Å². The second kappa shape index (κ2) is 5.66. The van der Waals surface area contributed by atoms with Gasteiger partial charge >= 0.3 is 5.97 Å². The molecule has 1 aromatic carbocycles. The number of rotatable bonds is 5. The van der Waals surface area contributed by atoms with E-state index < -0.39 is 5.97 Å². The molecule has 108 valence electrons. The summed E-state index contributed by atoms with van der Waals surface area (Å²) in [5.41, 5.74) is 1.16. The number of carboxylic acids is 1. The summed E-state index contributed by atoms with van der Waals surface area (Å²) in [6, 6.07) is 6.82. The SMILES string of the molecule is CSc1cccc(NC2CCN(C3CC3)C2)c1C(=O)O. The number of thioether (sulfide) groups is 1. The third-order valence-corrected chi connectivity index (χ3v) is 4.88. The van der Waals surface area contributed by atoms with Crippen LogP contribution in [0.5, 0.6) is 0 Å². The maximum atomic E-state index is 11.5. The third kappa shape index (κ3) is 2.79. The molecule has 0 radical (unpaired) electrons. The minimum Gasteiger partial charge on any atom is -0.478 e. The first-order valence-electron chi connectivity index (χ1n) is 7.10. The van der Waals surface area contributed by atoms with E-state index in [0.717, 1.165) is 36.1 Å².